The van der Waals surface area contributed by atoms with Crippen molar-refractivity contribution in [2.75, 3.05) is 4.90 Å². The largest absolute Gasteiger partial charge is 0.456 e. The Bertz CT molecular complexity index is 3650. The zero-order valence-corrected chi connectivity index (χ0v) is 35.0. The summed E-state index contributed by atoms with van der Waals surface area (Å²) in [5.74, 6) is 0. The van der Waals surface area contributed by atoms with Crippen molar-refractivity contribution >= 4 is 60.5 Å². The number of para-hydroxylation sites is 1. The number of rotatable bonds is 8. The van der Waals surface area contributed by atoms with Crippen LogP contribution >= 0.6 is 0 Å². The van der Waals surface area contributed by atoms with Crippen LogP contribution in [0.15, 0.2) is 253 Å². The predicted molar refractivity (Wildman–Crippen MR) is 271 cm³/mol. The summed E-state index contributed by atoms with van der Waals surface area (Å²) in [7, 11) is 0. The topological polar surface area (TPSA) is 16.4 Å². The standard InChI is InChI=1S/C62H41NO/c1-2-13-46(14-3-1)57-37-31-50(56-25-12-18-45-16-5-7-22-54(45)56)41-60(57)63(52-35-29-43(30-36-52)48-32-38-62-59(40-48)58-23-8-9-26-61(58)64-62)51-33-27-42(28-34-51)47-19-10-20-49(39-47)55-24-11-17-44-15-4-6-21-53(44)55/h1-41H. The van der Waals surface area contributed by atoms with Gasteiger partial charge in [0.2, 0.25) is 0 Å². The highest BCUT2D eigenvalue weighted by atomic mass is 16.3. The third-order valence-electron chi connectivity index (χ3n) is 12.7. The average molecular weight is 816 g/mol. The molecule has 0 bridgehead atoms. The summed E-state index contributed by atoms with van der Waals surface area (Å²) in [5.41, 5.74) is 16.8. The maximum atomic E-state index is 6.18. The molecular formula is C62H41NO. The molecule has 64 heavy (non-hydrogen) atoms. The molecule has 1 aromatic heterocycles. The number of benzene rings is 11. The van der Waals surface area contributed by atoms with Crippen LogP contribution in [0.1, 0.15) is 0 Å². The van der Waals surface area contributed by atoms with Crippen LogP contribution in [0.25, 0.3) is 99.1 Å². The molecule has 2 heteroatoms. The number of hydrogen-bond acceptors (Lipinski definition) is 2. The third-order valence-corrected chi connectivity index (χ3v) is 12.7. The van der Waals surface area contributed by atoms with Crippen LogP contribution in [0, 0.1) is 0 Å². The maximum absolute atomic E-state index is 6.18. The van der Waals surface area contributed by atoms with Gasteiger partial charge in [0.15, 0.2) is 0 Å². The highest BCUT2D eigenvalue weighted by Crippen LogP contribution is 2.45. The van der Waals surface area contributed by atoms with Crippen LogP contribution < -0.4 is 4.90 Å². The van der Waals surface area contributed by atoms with Gasteiger partial charge < -0.3 is 9.32 Å². The number of fused-ring (bicyclic) bond motifs is 5. The van der Waals surface area contributed by atoms with Crippen molar-refractivity contribution in [3.05, 3.63) is 249 Å². The Hall–Kier alpha value is -8.46. The van der Waals surface area contributed by atoms with E-state index in [1.807, 2.05) is 12.1 Å². The lowest BCUT2D eigenvalue weighted by Gasteiger charge is -2.29. The molecule has 0 aliphatic carbocycles. The third kappa shape index (κ3) is 6.70. The van der Waals surface area contributed by atoms with Gasteiger partial charge in [0.05, 0.1) is 5.69 Å². The maximum Gasteiger partial charge on any atom is 0.135 e. The summed E-state index contributed by atoms with van der Waals surface area (Å²) in [6, 6.07) is 89.9. The zero-order chi connectivity index (χ0) is 42.4. The molecule has 1 heterocycles. The molecule has 300 valence electrons. The van der Waals surface area contributed by atoms with Crippen molar-refractivity contribution in [2.24, 2.45) is 0 Å². The number of nitrogens with zero attached hydrogens (tertiary/aromatic N) is 1. The Morgan fingerprint density at radius 2 is 0.719 bits per heavy atom. The SMILES string of the molecule is c1ccc(-c2ccc(-c3cccc4ccccc34)cc2N(c2ccc(-c3cccc(-c4cccc5ccccc45)c3)cc2)c2ccc(-c3ccc4oc5ccccc5c4c3)cc2)cc1. The zero-order valence-electron chi connectivity index (χ0n) is 35.0. The molecule has 0 aliphatic heterocycles. The second-order valence-corrected chi connectivity index (χ2v) is 16.5. The number of hydrogen-bond donors (Lipinski definition) is 0. The molecule has 0 radical (unpaired) electrons. The molecule has 12 rings (SSSR count). The summed E-state index contributed by atoms with van der Waals surface area (Å²) >= 11 is 0. The fraction of sp³-hybridized carbons (Fsp3) is 0. The van der Waals surface area contributed by atoms with E-state index < -0.39 is 0 Å². The molecule has 0 spiro atoms. The van der Waals surface area contributed by atoms with Crippen molar-refractivity contribution in [2.45, 2.75) is 0 Å². The molecule has 0 unspecified atom stereocenters. The Morgan fingerprint density at radius 3 is 1.39 bits per heavy atom. The lowest BCUT2D eigenvalue weighted by atomic mass is 9.93. The number of anilines is 3. The minimum Gasteiger partial charge on any atom is -0.456 e. The van der Waals surface area contributed by atoms with Crippen LogP contribution in [-0.2, 0) is 0 Å². The molecule has 0 saturated heterocycles. The van der Waals surface area contributed by atoms with E-state index in [4.69, 9.17) is 4.42 Å². The Morgan fingerprint density at radius 1 is 0.250 bits per heavy atom. The molecule has 12 aromatic rings. The summed E-state index contributed by atoms with van der Waals surface area (Å²) in [4.78, 5) is 2.42. The molecule has 11 aromatic carbocycles. The van der Waals surface area contributed by atoms with E-state index in [1.165, 1.54) is 43.8 Å². The van der Waals surface area contributed by atoms with E-state index in [2.05, 4.69) is 241 Å². The molecule has 0 atom stereocenters. The van der Waals surface area contributed by atoms with Gasteiger partial charge in [-0.1, -0.05) is 194 Å². The quantitative estimate of drug-likeness (QED) is 0.152. The highest BCUT2D eigenvalue weighted by Gasteiger charge is 2.20. The molecule has 0 fully saturated rings. The van der Waals surface area contributed by atoms with Gasteiger partial charge in [-0.15, -0.1) is 0 Å². The molecule has 0 N–H and O–H groups in total. The van der Waals surface area contributed by atoms with E-state index in [1.54, 1.807) is 0 Å². The molecule has 0 amide bonds. The first-order valence-electron chi connectivity index (χ1n) is 21.9. The van der Waals surface area contributed by atoms with Gasteiger partial charge in [0.1, 0.15) is 11.2 Å². The monoisotopic (exact) mass is 815 g/mol. The average Bonchev–Trinajstić information content (AvgIpc) is 3.75. The lowest BCUT2D eigenvalue weighted by molar-refractivity contribution is 0.669. The Kier molecular flexibility index (Phi) is 9.20. The summed E-state index contributed by atoms with van der Waals surface area (Å²) in [6.07, 6.45) is 0. The van der Waals surface area contributed by atoms with Crippen molar-refractivity contribution in [3.63, 3.8) is 0 Å². The van der Waals surface area contributed by atoms with Crippen molar-refractivity contribution < 1.29 is 4.42 Å². The van der Waals surface area contributed by atoms with Crippen LogP contribution in [0.3, 0.4) is 0 Å². The van der Waals surface area contributed by atoms with Crippen molar-refractivity contribution in [1.29, 1.82) is 0 Å². The predicted octanol–water partition coefficient (Wildman–Crippen LogP) is 17.7. The molecule has 0 saturated carbocycles. The fourth-order valence-corrected chi connectivity index (χ4v) is 9.51. The first-order chi connectivity index (χ1) is 31.7. The minimum atomic E-state index is 0.899. The summed E-state index contributed by atoms with van der Waals surface area (Å²) < 4.78 is 6.18. The summed E-state index contributed by atoms with van der Waals surface area (Å²) in [5, 5.41) is 7.22. The number of furan rings is 1. The van der Waals surface area contributed by atoms with Gasteiger partial charge in [0, 0.05) is 27.7 Å². The van der Waals surface area contributed by atoms with Crippen LogP contribution in [-0.4, -0.2) is 0 Å². The van der Waals surface area contributed by atoms with Gasteiger partial charge in [-0.25, -0.2) is 0 Å². The van der Waals surface area contributed by atoms with Gasteiger partial charge >= 0.3 is 0 Å². The fourth-order valence-electron chi connectivity index (χ4n) is 9.51. The smallest absolute Gasteiger partial charge is 0.135 e. The highest BCUT2D eigenvalue weighted by molar-refractivity contribution is 6.06. The van der Waals surface area contributed by atoms with E-state index in [0.717, 1.165) is 72.4 Å². The van der Waals surface area contributed by atoms with Crippen LogP contribution in [0.2, 0.25) is 0 Å². The van der Waals surface area contributed by atoms with Gasteiger partial charge in [0.25, 0.3) is 0 Å². The molecule has 0 aliphatic rings. The van der Waals surface area contributed by atoms with Gasteiger partial charge in [-0.05, 0) is 126 Å². The van der Waals surface area contributed by atoms with Crippen LogP contribution in [0.5, 0.6) is 0 Å². The van der Waals surface area contributed by atoms with Gasteiger partial charge in [-0.3, -0.25) is 0 Å². The normalized spacial score (nSPS) is 11.4. The van der Waals surface area contributed by atoms with Crippen LogP contribution in [0.4, 0.5) is 17.1 Å². The first kappa shape index (κ1) is 37.3. The van der Waals surface area contributed by atoms with E-state index in [9.17, 15) is 0 Å². The minimum absolute atomic E-state index is 0.899. The van der Waals surface area contributed by atoms with Crippen molar-refractivity contribution in [3.8, 4) is 55.6 Å². The van der Waals surface area contributed by atoms with Gasteiger partial charge in [-0.2, -0.15) is 0 Å². The second-order valence-electron chi connectivity index (χ2n) is 16.5. The van der Waals surface area contributed by atoms with E-state index in [0.29, 0.717) is 0 Å². The lowest BCUT2D eigenvalue weighted by Crippen LogP contribution is -2.11. The first-order valence-corrected chi connectivity index (χ1v) is 21.9. The molecular weight excluding hydrogens is 775 g/mol. The second kappa shape index (κ2) is 15.8. The van der Waals surface area contributed by atoms with Crippen molar-refractivity contribution in [1.82, 2.24) is 0 Å². The summed E-state index contributed by atoms with van der Waals surface area (Å²) in [6.45, 7) is 0. The Labute approximate surface area is 372 Å². The Balaban J connectivity index is 1.00. The molecule has 2 nitrogen and oxygen atoms in total. The van der Waals surface area contributed by atoms with E-state index >= 15 is 0 Å². The van der Waals surface area contributed by atoms with E-state index in [-0.39, 0.29) is 0 Å².